The van der Waals surface area contributed by atoms with E-state index in [9.17, 15) is 19.2 Å². The van der Waals surface area contributed by atoms with Crippen molar-refractivity contribution in [3.63, 3.8) is 0 Å². The van der Waals surface area contributed by atoms with Crippen molar-refractivity contribution < 1.29 is 23.9 Å². The standard InChI is InChI=1S/C19H17N3O5S/c1-2-27-19(26)12-4-3-7-20-16(12)22-15(23)6-5-14(18(22)25)21-8-11-9-28-10-13(11)17(21)24/h3-4,7,9-10,14H,2,5-6,8H2,1H3. The Morgan fingerprint density at radius 2 is 2.14 bits per heavy atom. The van der Waals surface area contributed by atoms with Crippen LogP contribution < -0.4 is 4.90 Å². The minimum Gasteiger partial charge on any atom is -0.462 e. The van der Waals surface area contributed by atoms with Crippen LogP contribution >= 0.6 is 11.3 Å². The molecule has 0 N–H and O–H groups in total. The van der Waals surface area contributed by atoms with Crippen LogP contribution in [0.15, 0.2) is 29.1 Å². The van der Waals surface area contributed by atoms with Gasteiger partial charge in [0.15, 0.2) is 5.82 Å². The molecule has 2 aromatic rings. The topological polar surface area (TPSA) is 96.9 Å². The molecular formula is C19H17N3O5S. The molecule has 2 aliphatic rings. The smallest absolute Gasteiger partial charge is 0.341 e. The number of piperidine rings is 1. The Balaban J connectivity index is 1.66. The molecule has 0 aliphatic carbocycles. The first kappa shape index (κ1) is 18.3. The lowest BCUT2D eigenvalue weighted by atomic mass is 10.0. The molecular weight excluding hydrogens is 382 g/mol. The summed E-state index contributed by atoms with van der Waals surface area (Å²) in [4.78, 5) is 57.2. The van der Waals surface area contributed by atoms with Crippen LogP contribution in [0.25, 0.3) is 0 Å². The molecule has 0 bridgehead atoms. The van der Waals surface area contributed by atoms with Gasteiger partial charge in [0, 0.05) is 24.5 Å². The monoisotopic (exact) mass is 399 g/mol. The summed E-state index contributed by atoms with van der Waals surface area (Å²) in [5.41, 5.74) is 1.53. The van der Waals surface area contributed by atoms with Gasteiger partial charge in [-0.05, 0) is 36.4 Å². The third kappa shape index (κ3) is 2.88. The number of amides is 3. The Labute approximate surface area is 164 Å². The second-order valence-electron chi connectivity index (χ2n) is 6.46. The van der Waals surface area contributed by atoms with Crippen molar-refractivity contribution >= 4 is 40.8 Å². The maximum atomic E-state index is 13.2. The van der Waals surface area contributed by atoms with E-state index in [1.54, 1.807) is 12.3 Å². The quantitative estimate of drug-likeness (QED) is 0.576. The zero-order chi connectivity index (χ0) is 19.8. The number of esters is 1. The summed E-state index contributed by atoms with van der Waals surface area (Å²) in [5, 5.41) is 3.66. The Hall–Kier alpha value is -3.07. The van der Waals surface area contributed by atoms with Crippen LogP contribution in [-0.2, 0) is 20.9 Å². The summed E-state index contributed by atoms with van der Waals surface area (Å²) < 4.78 is 5.01. The molecule has 2 aromatic heterocycles. The summed E-state index contributed by atoms with van der Waals surface area (Å²) >= 11 is 1.44. The average molecular weight is 399 g/mol. The largest absolute Gasteiger partial charge is 0.462 e. The van der Waals surface area contributed by atoms with E-state index in [0.717, 1.165) is 10.5 Å². The van der Waals surface area contributed by atoms with Crippen molar-refractivity contribution in [2.45, 2.75) is 32.4 Å². The first-order valence-electron chi connectivity index (χ1n) is 8.88. The predicted molar refractivity (Wildman–Crippen MR) is 99.9 cm³/mol. The number of carbonyl (C=O) groups is 4. The molecule has 1 atom stereocenters. The number of hydrogen-bond donors (Lipinski definition) is 0. The zero-order valence-electron chi connectivity index (χ0n) is 15.1. The number of imide groups is 1. The summed E-state index contributed by atoms with van der Waals surface area (Å²) in [6.07, 6.45) is 1.72. The van der Waals surface area contributed by atoms with Crippen LogP contribution in [0.1, 0.15) is 46.0 Å². The Bertz CT molecular complexity index is 985. The first-order chi connectivity index (χ1) is 13.5. The highest BCUT2D eigenvalue weighted by Gasteiger charge is 2.44. The molecule has 2 aliphatic heterocycles. The normalized spacial score (nSPS) is 19.2. The number of rotatable bonds is 4. The van der Waals surface area contributed by atoms with Gasteiger partial charge < -0.3 is 9.64 Å². The summed E-state index contributed by atoms with van der Waals surface area (Å²) in [7, 11) is 0. The number of pyridine rings is 1. The van der Waals surface area contributed by atoms with E-state index < -0.39 is 23.8 Å². The van der Waals surface area contributed by atoms with Crippen molar-refractivity contribution in [2.75, 3.05) is 11.5 Å². The minimum absolute atomic E-state index is 0.0399. The number of fused-ring (bicyclic) bond motifs is 1. The average Bonchev–Trinajstić information content (AvgIpc) is 3.26. The molecule has 9 heteroatoms. The number of carbonyl (C=O) groups excluding carboxylic acids is 4. The zero-order valence-corrected chi connectivity index (χ0v) is 15.9. The second-order valence-corrected chi connectivity index (χ2v) is 7.20. The third-order valence-corrected chi connectivity index (χ3v) is 5.62. The van der Waals surface area contributed by atoms with Crippen LogP contribution in [-0.4, -0.2) is 46.2 Å². The van der Waals surface area contributed by atoms with E-state index in [4.69, 9.17) is 4.74 Å². The SMILES string of the molecule is CCOC(=O)c1cccnc1N1C(=O)CCC(N2Cc3cscc3C2=O)C1=O. The molecule has 1 saturated heterocycles. The molecule has 4 heterocycles. The Morgan fingerprint density at radius 3 is 2.89 bits per heavy atom. The fourth-order valence-corrected chi connectivity index (χ4v) is 4.34. The van der Waals surface area contributed by atoms with E-state index in [-0.39, 0.29) is 36.7 Å². The molecule has 144 valence electrons. The third-order valence-electron chi connectivity index (χ3n) is 4.83. The highest BCUT2D eigenvalue weighted by molar-refractivity contribution is 7.08. The van der Waals surface area contributed by atoms with Gasteiger partial charge in [-0.2, -0.15) is 11.3 Å². The van der Waals surface area contributed by atoms with Crippen LogP contribution in [0.3, 0.4) is 0 Å². The number of thiophene rings is 1. The van der Waals surface area contributed by atoms with Gasteiger partial charge in [-0.3, -0.25) is 14.4 Å². The van der Waals surface area contributed by atoms with Crippen molar-refractivity contribution in [3.05, 3.63) is 45.8 Å². The van der Waals surface area contributed by atoms with Gasteiger partial charge >= 0.3 is 5.97 Å². The highest BCUT2D eigenvalue weighted by Crippen LogP contribution is 2.32. The second kappa shape index (κ2) is 7.16. The van der Waals surface area contributed by atoms with Gasteiger partial charge in [0.2, 0.25) is 5.91 Å². The molecule has 4 rings (SSSR count). The van der Waals surface area contributed by atoms with Crippen molar-refractivity contribution in [1.82, 2.24) is 9.88 Å². The summed E-state index contributed by atoms with van der Waals surface area (Å²) in [5.74, 6) is -1.93. The van der Waals surface area contributed by atoms with Crippen molar-refractivity contribution in [2.24, 2.45) is 0 Å². The number of hydrogen-bond acceptors (Lipinski definition) is 7. The number of anilines is 1. The van der Waals surface area contributed by atoms with Crippen LogP contribution in [0.4, 0.5) is 5.82 Å². The van der Waals surface area contributed by atoms with Crippen molar-refractivity contribution in [1.29, 1.82) is 0 Å². The lowest BCUT2D eigenvalue weighted by molar-refractivity contribution is -0.132. The lowest BCUT2D eigenvalue weighted by Crippen LogP contribution is -2.55. The molecule has 8 nitrogen and oxygen atoms in total. The molecule has 0 saturated carbocycles. The lowest BCUT2D eigenvalue weighted by Gasteiger charge is -2.35. The van der Waals surface area contributed by atoms with E-state index in [1.165, 1.54) is 34.6 Å². The fourth-order valence-electron chi connectivity index (χ4n) is 3.52. The van der Waals surface area contributed by atoms with E-state index in [2.05, 4.69) is 4.98 Å². The molecule has 1 unspecified atom stereocenters. The molecule has 1 fully saturated rings. The fraction of sp³-hybridized carbons (Fsp3) is 0.316. The highest BCUT2D eigenvalue weighted by atomic mass is 32.1. The van der Waals surface area contributed by atoms with Gasteiger partial charge in [0.05, 0.1) is 12.2 Å². The van der Waals surface area contributed by atoms with E-state index in [1.807, 2.05) is 5.38 Å². The molecule has 0 spiro atoms. The van der Waals surface area contributed by atoms with Gasteiger partial charge in [0.1, 0.15) is 11.6 Å². The predicted octanol–water partition coefficient (Wildman–Crippen LogP) is 2.00. The van der Waals surface area contributed by atoms with Gasteiger partial charge in [-0.25, -0.2) is 14.7 Å². The maximum Gasteiger partial charge on any atom is 0.341 e. The van der Waals surface area contributed by atoms with Crippen molar-refractivity contribution in [3.8, 4) is 0 Å². The number of aromatic nitrogens is 1. The minimum atomic E-state index is -0.778. The van der Waals surface area contributed by atoms with E-state index >= 15 is 0 Å². The van der Waals surface area contributed by atoms with Gasteiger partial charge in [0.25, 0.3) is 11.8 Å². The van der Waals surface area contributed by atoms with Crippen LogP contribution in [0, 0.1) is 0 Å². The summed E-state index contributed by atoms with van der Waals surface area (Å²) in [6, 6.07) is 2.22. The Kier molecular flexibility index (Phi) is 4.68. The molecule has 0 radical (unpaired) electrons. The van der Waals surface area contributed by atoms with E-state index in [0.29, 0.717) is 12.1 Å². The van der Waals surface area contributed by atoms with Crippen LogP contribution in [0.2, 0.25) is 0 Å². The van der Waals surface area contributed by atoms with Gasteiger partial charge in [-0.15, -0.1) is 0 Å². The van der Waals surface area contributed by atoms with Gasteiger partial charge in [-0.1, -0.05) is 0 Å². The Morgan fingerprint density at radius 1 is 1.32 bits per heavy atom. The number of nitrogens with zero attached hydrogens (tertiary/aromatic N) is 3. The first-order valence-corrected chi connectivity index (χ1v) is 9.82. The molecule has 3 amide bonds. The molecule has 0 aromatic carbocycles. The number of ether oxygens (including phenoxy) is 1. The van der Waals surface area contributed by atoms with Crippen LogP contribution in [0.5, 0.6) is 0 Å². The maximum absolute atomic E-state index is 13.2. The summed E-state index contributed by atoms with van der Waals surface area (Å²) in [6.45, 7) is 2.16. The molecule has 28 heavy (non-hydrogen) atoms.